The van der Waals surface area contributed by atoms with Gasteiger partial charge >= 0.3 is 0 Å². The van der Waals surface area contributed by atoms with E-state index in [0.29, 0.717) is 19.2 Å². The molecular formula is C14H19N3O2. The van der Waals surface area contributed by atoms with Crippen molar-refractivity contribution in [3.8, 4) is 0 Å². The van der Waals surface area contributed by atoms with E-state index in [1.165, 1.54) is 0 Å². The number of carbonyl (C=O) groups is 1. The van der Waals surface area contributed by atoms with Gasteiger partial charge in [0.1, 0.15) is 6.10 Å². The minimum Gasteiger partial charge on any atom is -0.366 e. The number of hydrogen-bond acceptors (Lipinski definition) is 4. The van der Waals surface area contributed by atoms with Gasteiger partial charge in [0, 0.05) is 31.9 Å². The van der Waals surface area contributed by atoms with Crippen molar-refractivity contribution in [3.63, 3.8) is 0 Å². The van der Waals surface area contributed by atoms with Crippen molar-refractivity contribution in [1.29, 1.82) is 0 Å². The Balaban J connectivity index is 1.53. The summed E-state index contributed by atoms with van der Waals surface area (Å²) < 4.78 is 5.56. The summed E-state index contributed by atoms with van der Waals surface area (Å²) in [5.41, 5.74) is 1.03. The second kappa shape index (κ2) is 5.67. The van der Waals surface area contributed by atoms with Crippen LogP contribution in [-0.2, 0) is 16.1 Å². The number of hydrogen-bond donors (Lipinski definition) is 1. The van der Waals surface area contributed by atoms with Crippen LogP contribution in [0.15, 0.2) is 24.4 Å². The summed E-state index contributed by atoms with van der Waals surface area (Å²) in [6.07, 6.45) is 3.68. The van der Waals surface area contributed by atoms with Crippen LogP contribution < -0.4 is 5.32 Å². The zero-order valence-electron chi connectivity index (χ0n) is 10.9. The summed E-state index contributed by atoms with van der Waals surface area (Å²) in [6, 6.07) is 6.30. The monoisotopic (exact) mass is 261 g/mol. The Hall–Kier alpha value is -1.46. The highest BCUT2D eigenvalue weighted by molar-refractivity contribution is 5.81. The molecule has 1 aliphatic heterocycles. The lowest BCUT2D eigenvalue weighted by Gasteiger charge is -2.31. The van der Waals surface area contributed by atoms with Crippen LogP contribution in [0.2, 0.25) is 0 Å². The average Bonchev–Trinajstić information content (AvgIpc) is 3.24. The molecule has 5 nitrogen and oxygen atoms in total. The minimum atomic E-state index is -0.335. The maximum atomic E-state index is 12.0. The molecule has 1 aromatic heterocycles. The topological polar surface area (TPSA) is 54.5 Å². The van der Waals surface area contributed by atoms with E-state index in [1.54, 1.807) is 6.20 Å². The Morgan fingerprint density at radius 1 is 1.47 bits per heavy atom. The summed E-state index contributed by atoms with van der Waals surface area (Å²) in [5.74, 6) is 0.0354. The number of nitrogens with one attached hydrogen (secondary N) is 1. The lowest BCUT2D eigenvalue weighted by atomic mass is 10.2. The molecule has 1 unspecified atom stereocenters. The number of rotatable bonds is 4. The summed E-state index contributed by atoms with van der Waals surface area (Å²) in [6.45, 7) is 2.88. The third-order valence-electron chi connectivity index (χ3n) is 3.48. The molecule has 1 atom stereocenters. The van der Waals surface area contributed by atoms with E-state index in [2.05, 4.69) is 15.2 Å². The molecule has 0 spiro atoms. The van der Waals surface area contributed by atoms with E-state index >= 15 is 0 Å². The largest absolute Gasteiger partial charge is 0.366 e. The predicted molar refractivity (Wildman–Crippen MR) is 70.4 cm³/mol. The molecule has 1 saturated heterocycles. The predicted octanol–water partition coefficient (Wildman–Crippen LogP) is 0.561. The Bertz CT molecular complexity index is 434. The van der Waals surface area contributed by atoms with Crippen LogP contribution in [0.5, 0.6) is 0 Å². The first-order chi connectivity index (χ1) is 9.31. The van der Waals surface area contributed by atoms with Gasteiger partial charge in [0.15, 0.2) is 0 Å². The van der Waals surface area contributed by atoms with Gasteiger partial charge in [0.25, 0.3) is 5.91 Å². The van der Waals surface area contributed by atoms with Gasteiger partial charge in [-0.3, -0.25) is 14.7 Å². The number of morpholine rings is 1. The molecular weight excluding hydrogens is 242 g/mol. The Kier molecular flexibility index (Phi) is 3.75. The molecule has 19 heavy (non-hydrogen) atoms. The van der Waals surface area contributed by atoms with Crippen LogP contribution >= 0.6 is 0 Å². The van der Waals surface area contributed by atoms with Gasteiger partial charge < -0.3 is 10.1 Å². The van der Waals surface area contributed by atoms with Crippen LogP contribution in [0.4, 0.5) is 0 Å². The summed E-state index contributed by atoms with van der Waals surface area (Å²) >= 11 is 0. The fourth-order valence-electron chi connectivity index (χ4n) is 2.25. The standard InChI is InChI=1S/C14H19N3O2/c18-14(16-11-4-5-11)13-10-17(7-8-19-13)9-12-3-1-2-6-15-12/h1-3,6,11,13H,4-5,7-10H2,(H,16,18). The Morgan fingerprint density at radius 2 is 2.37 bits per heavy atom. The Labute approximate surface area is 113 Å². The number of pyridine rings is 1. The first kappa shape index (κ1) is 12.6. The van der Waals surface area contributed by atoms with Crippen molar-refractivity contribution in [1.82, 2.24) is 15.2 Å². The smallest absolute Gasteiger partial charge is 0.250 e. The summed E-state index contributed by atoms with van der Waals surface area (Å²) in [5, 5.41) is 3.00. The number of nitrogens with zero attached hydrogens (tertiary/aromatic N) is 2. The molecule has 102 valence electrons. The van der Waals surface area contributed by atoms with Crippen molar-refractivity contribution in [3.05, 3.63) is 30.1 Å². The number of carbonyl (C=O) groups excluding carboxylic acids is 1. The van der Waals surface area contributed by atoms with Crippen molar-refractivity contribution in [2.24, 2.45) is 0 Å². The molecule has 3 rings (SSSR count). The Morgan fingerprint density at radius 3 is 3.11 bits per heavy atom. The summed E-state index contributed by atoms with van der Waals surface area (Å²) in [7, 11) is 0. The number of aromatic nitrogens is 1. The average molecular weight is 261 g/mol. The van der Waals surface area contributed by atoms with Gasteiger partial charge in [-0.2, -0.15) is 0 Å². The molecule has 2 aliphatic rings. The quantitative estimate of drug-likeness (QED) is 0.860. The van der Waals surface area contributed by atoms with E-state index in [1.807, 2.05) is 18.2 Å². The van der Waals surface area contributed by atoms with Gasteiger partial charge in [-0.15, -0.1) is 0 Å². The van der Waals surface area contributed by atoms with E-state index in [-0.39, 0.29) is 12.0 Å². The van der Waals surface area contributed by atoms with Crippen LogP contribution in [0.1, 0.15) is 18.5 Å². The maximum absolute atomic E-state index is 12.0. The molecule has 0 aromatic carbocycles. The second-order valence-corrected chi connectivity index (χ2v) is 5.20. The van der Waals surface area contributed by atoms with Gasteiger partial charge in [-0.05, 0) is 25.0 Å². The zero-order chi connectivity index (χ0) is 13.1. The van der Waals surface area contributed by atoms with Gasteiger partial charge in [0.2, 0.25) is 0 Å². The third-order valence-corrected chi connectivity index (χ3v) is 3.48. The van der Waals surface area contributed by atoms with Crippen LogP contribution in [0, 0.1) is 0 Å². The van der Waals surface area contributed by atoms with E-state index in [0.717, 1.165) is 31.6 Å². The molecule has 1 N–H and O–H groups in total. The van der Waals surface area contributed by atoms with Crippen LogP contribution in [0.3, 0.4) is 0 Å². The normalized spacial score (nSPS) is 24.1. The lowest BCUT2D eigenvalue weighted by Crippen LogP contribution is -2.49. The van der Waals surface area contributed by atoms with Crippen molar-refractivity contribution in [2.75, 3.05) is 19.7 Å². The van der Waals surface area contributed by atoms with Crippen LogP contribution in [0.25, 0.3) is 0 Å². The molecule has 1 amide bonds. The molecule has 0 bridgehead atoms. The van der Waals surface area contributed by atoms with Gasteiger partial charge in [0.05, 0.1) is 12.3 Å². The molecule has 2 heterocycles. The van der Waals surface area contributed by atoms with E-state index in [9.17, 15) is 4.79 Å². The highest BCUT2D eigenvalue weighted by Gasteiger charge is 2.31. The first-order valence-electron chi connectivity index (χ1n) is 6.85. The summed E-state index contributed by atoms with van der Waals surface area (Å²) in [4.78, 5) is 18.5. The fraction of sp³-hybridized carbons (Fsp3) is 0.571. The second-order valence-electron chi connectivity index (χ2n) is 5.20. The van der Waals surface area contributed by atoms with E-state index < -0.39 is 0 Å². The third kappa shape index (κ3) is 3.52. The molecule has 1 saturated carbocycles. The molecule has 5 heteroatoms. The van der Waals surface area contributed by atoms with Crippen molar-refractivity contribution in [2.45, 2.75) is 31.5 Å². The highest BCUT2D eigenvalue weighted by Crippen LogP contribution is 2.19. The molecule has 2 fully saturated rings. The molecule has 1 aromatic rings. The maximum Gasteiger partial charge on any atom is 0.250 e. The molecule has 1 aliphatic carbocycles. The van der Waals surface area contributed by atoms with Crippen LogP contribution in [-0.4, -0.2) is 47.6 Å². The van der Waals surface area contributed by atoms with E-state index in [4.69, 9.17) is 4.74 Å². The van der Waals surface area contributed by atoms with Crippen molar-refractivity contribution < 1.29 is 9.53 Å². The minimum absolute atomic E-state index is 0.0354. The fourth-order valence-corrected chi connectivity index (χ4v) is 2.25. The van der Waals surface area contributed by atoms with Crippen molar-refractivity contribution >= 4 is 5.91 Å². The zero-order valence-corrected chi connectivity index (χ0v) is 10.9. The number of ether oxygens (including phenoxy) is 1. The first-order valence-corrected chi connectivity index (χ1v) is 6.85. The lowest BCUT2D eigenvalue weighted by molar-refractivity contribution is -0.139. The number of amides is 1. The SMILES string of the molecule is O=C(NC1CC1)C1CN(Cc2ccccn2)CCO1. The van der Waals surface area contributed by atoms with Gasteiger partial charge in [-0.25, -0.2) is 0 Å². The highest BCUT2D eigenvalue weighted by atomic mass is 16.5. The van der Waals surface area contributed by atoms with Gasteiger partial charge in [-0.1, -0.05) is 6.07 Å². The molecule has 0 radical (unpaired) electrons.